The number of hydrogen-bond acceptors (Lipinski definition) is 4. The summed E-state index contributed by atoms with van der Waals surface area (Å²) in [6.45, 7) is 1.94. The van der Waals surface area contributed by atoms with Crippen molar-refractivity contribution in [1.82, 2.24) is 0 Å². The third-order valence-electron chi connectivity index (χ3n) is 3.86. The van der Waals surface area contributed by atoms with Gasteiger partial charge in [0.15, 0.2) is 6.20 Å². The maximum Gasteiger partial charge on any atom is 0.257 e. The van der Waals surface area contributed by atoms with Gasteiger partial charge in [0, 0.05) is 17.8 Å². The minimum absolute atomic E-state index is 0.0556. The van der Waals surface area contributed by atoms with Crippen molar-refractivity contribution in [2.24, 2.45) is 0 Å². The molecule has 6 nitrogen and oxygen atoms in total. The zero-order chi connectivity index (χ0) is 19.9. The number of anilines is 2. The van der Waals surface area contributed by atoms with Crippen LogP contribution in [0, 0.1) is 12.1 Å². The summed E-state index contributed by atoms with van der Waals surface area (Å²) in [7, 11) is 0. The SMILES string of the molecule is Cc1cccc(NC(=O)c2ccccc2NC(=O)CSc2cccc[n+]2[O-])c1. The molecule has 1 heterocycles. The molecule has 2 amide bonds. The molecule has 2 aromatic carbocycles. The van der Waals surface area contributed by atoms with Gasteiger partial charge in [-0.05, 0) is 54.6 Å². The molecule has 0 aliphatic heterocycles. The minimum Gasteiger partial charge on any atom is -0.618 e. The van der Waals surface area contributed by atoms with Gasteiger partial charge >= 0.3 is 0 Å². The molecule has 0 atom stereocenters. The monoisotopic (exact) mass is 393 g/mol. The van der Waals surface area contributed by atoms with Gasteiger partial charge in [0.25, 0.3) is 10.9 Å². The van der Waals surface area contributed by atoms with Crippen LogP contribution in [0.3, 0.4) is 0 Å². The quantitative estimate of drug-likeness (QED) is 0.381. The molecule has 0 radical (unpaired) electrons. The van der Waals surface area contributed by atoms with Crippen molar-refractivity contribution >= 4 is 35.0 Å². The molecule has 0 aliphatic rings. The van der Waals surface area contributed by atoms with Crippen LogP contribution in [-0.4, -0.2) is 17.6 Å². The van der Waals surface area contributed by atoms with Crippen LogP contribution < -0.4 is 15.4 Å². The lowest BCUT2D eigenvalue weighted by Gasteiger charge is -2.11. The molecule has 28 heavy (non-hydrogen) atoms. The van der Waals surface area contributed by atoms with E-state index in [-0.39, 0.29) is 17.6 Å². The van der Waals surface area contributed by atoms with E-state index in [1.807, 2.05) is 25.1 Å². The van der Waals surface area contributed by atoms with Crippen molar-refractivity contribution in [3.8, 4) is 0 Å². The highest BCUT2D eigenvalue weighted by Gasteiger charge is 2.15. The van der Waals surface area contributed by atoms with E-state index in [4.69, 9.17) is 0 Å². The summed E-state index contributed by atoms with van der Waals surface area (Å²) in [5, 5.41) is 17.7. The van der Waals surface area contributed by atoms with Crippen LogP contribution in [0.25, 0.3) is 0 Å². The largest absolute Gasteiger partial charge is 0.618 e. The van der Waals surface area contributed by atoms with E-state index in [1.165, 1.54) is 6.20 Å². The van der Waals surface area contributed by atoms with E-state index in [1.54, 1.807) is 48.5 Å². The second kappa shape index (κ2) is 9.05. The lowest BCUT2D eigenvalue weighted by Crippen LogP contribution is -2.28. The highest BCUT2D eigenvalue weighted by atomic mass is 32.2. The van der Waals surface area contributed by atoms with E-state index in [0.717, 1.165) is 17.3 Å². The Morgan fingerprint density at radius 2 is 1.79 bits per heavy atom. The van der Waals surface area contributed by atoms with Crippen molar-refractivity contribution in [2.45, 2.75) is 11.9 Å². The smallest absolute Gasteiger partial charge is 0.257 e. The molecule has 1 aromatic heterocycles. The Bertz CT molecular complexity index is 1010. The van der Waals surface area contributed by atoms with Crippen LogP contribution in [0.4, 0.5) is 11.4 Å². The van der Waals surface area contributed by atoms with Gasteiger partial charge in [0.05, 0.1) is 17.0 Å². The van der Waals surface area contributed by atoms with Crippen molar-refractivity contribution in [3.05, 3.63) is 89.3 Å². The average Bonchev–Trinajstić information content (AvgIpc) is 2.68. The topological polar surface area (TPSA) is 85.1 Å². The maximum atomic E-state index is 12.6. The van der Waals surface area contributed by atoms with Crippen molar-refractivity contribution in [3.63, 3.8) is 0 Å². The summed E-state index contributed by atoms with van der Waals surface area (Å²) >= 11 is 1.13. The third kappa shape index (κ3) is 5.11. The molecule has 0 spiro atoms. The Balaban J connectivity index is 1.67. The molecule has 3 rings (SSSR count). The molecule has 0 fully saturated rings. The summed E-state index contributed by atoms with van der Waals surface area (Å²) in [4.78, 5) is 24.9. The number of rotatable bonds is 6. The highest BCUT2D eigenvalue weighted by molar-refractivity contribution is 7.99. The number of thioether (sulfide) groups is 1. The number of nitrogens with one attached hydrogen (secondary N) is 2. The zero-order valence-corrected chi connectivity index (χ0v) is 16.0. The fourth-order valence-corrected chi connectivity index (χ4v) is 3.28. The van der Waals surface area contributed by atoms with Crippen LogP contribution >= 0.6 is 11.8 Å². The fourth-order valence-electron chi connectivity index (χ4n) is 2.56. The third-order valence-corrected chi connectivity index (χ3v) is 4.88. The summed E-state index contributed by atoms with van der Waals surface area (Å²) in [5.74, 6) is -0.556. The number of carbonyl (C=O) groups excluding carboxylic acids is 2. The minimum atomic E-state index is -0.311. The molecule has 0 saturated carbocycles. The van der Waals surface area contributed by atoms with Crippen LogP contribution in [-0.2, 0) is 4.79 Å². The molecule has 0 saturated heterocycles. The zero-order valence-electron chi connectivity index (χ0n) is 15.2. The van der Waals surface area contributed by atoms with Gasteiger partial charge in [-0.3, -0.25) is 9.59 Å². The summed E-state index contributed by atoms with van der Waals surface area (Å²) in [5.41, 5.74) is 2.50. The number of pyridine rings is 1. The molecule has 3 aromatic rings. The second-order valence-electron chi connectivity index (χ2n) is 6.07. The molecular weight excluding hydrogens is 374 g/mol. The van der Waals surface area contributed by atoms with Gasteiger partial charge in [-0.2, -0.15) is 4.73 Å². The van der Waals surface area contributed by atoms with Gasteiger partial charge in [-0.25, -0.2) is 0 Å². The van der Waals surface area contributed by atoms with Crippen LogP contribution in [0.5, 0.6) is 0 Å². The van der Waals surface area contributed by atoms with Crippen LogP contribution in [0.2, 0.25) is 0 Å². The van der Waals surface area contributed by atoms with Gasteiger partial charge < -0.3 is 15.8 Å². The normalized spacial score (nSPS) is 10.3. The van der Waals surface area contributed by atoms with Crippen molar-refractivity contribution in [2.75, 3.05) is 16.4 Å². The molecule has 7 heteroatoms. The second-order valence-corrected chi connectivity index (χ2v) is 7.07. The van der Waals surface area contributed by atoms with Crippen LogP contribution in [0.15, 0.2) is 78.0 Å². The van der Waals surface area contributed by atoms with Gasteiger partial charge in [0.1, 0.15) is 0 Å². The fraction of sp³-hybridized carbons (Fsp3) is 0.0952. The number of hydrogen-bond donors (Lipinski definition) is 2. The highest BCUT2D eigenvalue weighted by Crippen LogP contribution is 2.19. The summed E-state index contributed by atoms with van der Waals surface area (Å²) in [6.07, 6.45) is 1.38. The molecule has 0 aliphatic carbocycles. The lowest BCUT2D eigenvalue weighted by molar-refractivity contribution is -0.645. The molecular formula is C21H19N3O3S. The lowest BCUT2D eigenvalue weighted by atomic mass is 10.1. The first-order chi connectivity index (χ1) is 13.5. The van der Waals surface area contributed by atoms with E-state index in [9.17, 15) is 14.8 Å². The van der Waals surface area contributed by atoms with Crippen molar-refractivity contribution in [1.29, 1.82) is 0 Å². The standard InChI is InChI=1S/C21H19N3O3S/c1-15-7-6-8-16(13-15)22-21(26)17-9-2-3-10-18(17)23-19(25)14-28-20-11-4-5-12-24(20)27/h2-13H,14H2,1H3,(H,22,26)(H,23,25). The molecule has 0 bridgehead atoms. The Morgan fingerprint density at radius 3 is 2.57 bits per heavy atom. The van der Waals surface area contributed by atoms with E-state index < -0.39 is 0 Å². The van der Waals surface area contributed by atoms with Gasteiger partial charge in [0.2, 0.25) is 5.91 Å². The van der Waals surface area contributed by atoms with Gasteiger partial charge in [-0.15, -0.1) is 0 Å². The Morgan fingerprint density at radius 1 is 1.00 bits per heavy atom. The van der Waals surface area contributed by atoms with E-state index >= 15 is 0 Å². The molecule has 142 valence electrons. The Hall–Kier alpha value is -3.32. The number of nitrogens with zero attached hydrogens (tertiary/aromatic N) is 1. The predicted octanol–water partition coefficient (Wildman–Crippen LogP) is 3.61. The first kappa shape index (κ1) is 19.4. The number of aryl methyl sites for hydroxylation is 1. The molecule has 2 N–H and O–H groups in total. The van der Waals surface area contributed by atoms with E-state index in [2.05, 4.69) is 10.6 Å². The van der Waals surface area contributed by atoms with Gasteiger partial charge in [-0.1, -0.05) is 24.3 Å². The Kier molecular flexibility index (Phi) is 6.29. The Labute approximate surface area is 167 Å². The van der Waals surface area contributed by atoms with Crippen molar-refractivity contribution < 1.29 is 14.3 Å². The molecule has 0 unspecified atom stereocenters. The number of carbonyl (C=O) groups is 2. The van der Waals surface area contributed by atoms with Crippen LogP contribution in [0.1, 0.15) is 15.9 Å². The number of amides is 2. The first-order valence-electron chi connectivity index (χ1n) is 8.61. The number of para-hydroxylation sites is 1. The average molecular weight is 393 g/mol. The number of benzene rings is 2. The van der Waals surface area contributed by atoms with E-state index in [0.29, 0.717) is 26.7 Å². The summed E-state index contributed by atoms with van der Waals surface area (Å²) in [6, 6.07) is 19.3. The predicted molar refractivity (Wildman–Crippen MR) is 110 cm³/mol. The maximum absolute atomic E-state index is 12.6. The summed E-state index contributed by atoms with van der Waals surface area (Å²) < 4.78 is 0.710. The number of aromatic nitrogens is 1. The first-order valence-corrected chi connectivity index (χ1v) is 9.59.